The fourth-order valence-electron chi connectivity index (χ4n) is 3.35. The lowest BCUT2D eigenvalue weighted by atomic mass is 10.2. The summed E-state index contributed by atoms with van der Waals surface area (Å²) in [7, 11) is 1.46. The van der Waals surface area contributed by atoms with Gasteiger partial charge in [0, 0.05) is 19.9 Å². The molecule has 1 aromatic heterocycles. The Labute approximate surface area is 220 Å². The average Bonchev–Trinajstić information content (AvgIpc) is 2.88. The highest BCUT2D eigenvalue weighted by atomic mass is 79.9. The maximum atomic E-state index is 13.5. The van der Waals surface area contributed by atoms with Crippen LogP contribution in [0.2, 0.25) is 5.02 Å². The summed E-state index contributed by atoms with van der Waals surface area (Å²) in [6.45, 7) is -0.395. The summed E-state index contributed by atoms with van der Waals surface area (Å²) < 4.78 is 31.2. The summed E-state index contributed by atoms with van der Waals surface area (Å²) in [4.78, 5) is 26.5. The monoisotopic (exact) mass is 582 g/mol. The van der Waals surface area contributed by atoms with Gasteiger partial charge in [-0.05, 0) is 39.2 Å². The number of pyridine rings is 1. The normalized spacial score (nSPS) is 11.8. The number of hydrogen-bond donors (Lipinski definition) is 2. The molecular formula is C25H25BrClFN2O6. The fourth-order valence-corrected chi connectivity index (χ4v) is 3.96. The minimum atomic E-state index is -0.739. The highest BCUT2D eigenvalue weighted by Gasteiger charge is 2.26. The van der Waals surface area contributed by atoms with Crippen LogP contribution in [0.1, 0.15) is 27.7 Å². The third-order valence-electron chi connectivity index (χ3n) is 5.14. The number of aromatic nitrogens is 1. The summed E-state index contributed by atoms with van der Waals surface area (Å²) in [6.07, 6.45) is 1.40. The van der Waals surface area contributed by atoms with Crippen LogP contribution in [-0.4, -0.2) is 42.7 Å². The average molecular weight is 584 g/mol. The van der Waals surface area contributed by atoms with Gasteiger partial charge in [-0.1, -0.05) is 48.0 Å². The van der Waals surface area contributed by atoms with Crippen LogP contribution >= 0.6 is 27.5 Å². The van der Waals surface area contributed by atoms with Crippen molar-refractivity contribution in [2.75, 3.05) is 27.1 Å². The van der Waals surface area contributed by atoms with Gasteiger partial charge in [0.25, 0.3) is 5.91 Å². The highest BCUT2D eigenvalue weighted by molar-refractivity contribution is 9.10. The summed E-state index contributed by atoms with van der Waals surface area (Å²) in [5.41, 5.74) is 0.701. The van der Waals surface area contributed by atoms with E-state index in [4.69, 9.17) is 25.8 Å². The van der Waals surface area contributed by atoms with E-state index in [2.05, 4.69) is 21.2 Å². The van der Waals surface area contributed by atoms with Gasteiger partial charge in [-0.2, -0.15) is 0 Å². The standard InChI is InChI=1S/C25H25BrClFN2O6/c1-34-15-35-14-18(12-31)30-11-19(26)23(32)24(36-13-16-5-3-2-4-6-16)22(30)25(33)29-10-17-7-8-21(28)20(27)9-17/h2-9,11,18,31H,10,12-15H2,1H3,(H,29,33). The van der Waals surface area contributed by atoms with E-state index in [-0.39, 0.29) is 47.5 Å². The summed E-state index contributed by atoms with van der Waals surface area (Å²) in [6, 6.07) is 12.5. The van der Waals surface area contributed by atoms with Crippen LogP contribution in [0.15, 0.2) is 64.0 Å². The van der Waals surface area contributed by atoms with Crippen LogP contribution < -0.4 is 15.5 Å². The molecule has 0 radical (unpaired) electrons. The zero-order chi connectivity index (χ0) is 26.1. The van der Waals surface area contributed by atoms with Gasteiger partial charge >= 0.3 is 0 Å². The quantitative estimate of drug-likeness (QED) is 0.246. The number of nitrogens with one attached hydrogen (secondary N) is 1. The molecule has 0 fully saturated rings. The maximum Gasteiger partial charge on any atom is 0.272 e. The molecule has 1 atom stereocenters. The van der Waals surface area contributed by atoms with E-state index in [0.717, 1.165) is 5.56 Å². The van der Waals surface area contributed by atoms with Gasteiger partial charge in [0.2, 0.25) is 5.43 Å². The van der Waals surface area contributed by atoms with Crippen molar-refractivity contribution in [1.29, 1.82) is 0 Å². The third-order valence-corrected chi connectivity index (χ3v) is 6.00. The van der Waals surface area contributed by atoms with E-state index >= 15 is 0 Å². The molecule has 3 aromatic rings. The fraction of sp³-hybridized carbons (Fsp3) is 0.280. The van der Waals surface area contributed by atoms with E-state index in [1.54, 1.807) is 0 Å². The van der Waals surface area contributed by atoms with Crippen molar-refractivity contribution in [3.63, 3.8) is 0 Å². The van der Waals surface area contributed by atoms with Gasteiger partial charge in [-0.25, -0.2) is 4.39 Å². The van der Waals surface area contributed by atoms with Crippen molar-refractivity contribution in [1.82, 2.24) is 9.88 Å². The molecule has 2 N–H and O–H groups in total. The predicted octanol–water partition coefficient (Wildman–Crippen LogP) is 4.07. The molecule has 1 amide bonds. The molecule has 0 aliphatic carbocycles. The first-order chi connectivity index (χ1) is 17.3. The minimum absolute atomic E-state index is 0.00514. The molecule has 0 aliphatic rings. The Kier molecular flexibility index (Phi) is 10.4. The topological polar surface area (TPSA) is 99.0 Å². The van der Waals surface area contributed by atoms with Crippen LogP contribution in [0.3, 0.4) is 0 Å². The first kappa shape index (κ1) is 27.8. The lowest BCUT2D eigenvalue weighted by molar-refractivity contribution is -0.0470. The Bertz CT molecular complexity index is 1240. The van der Waals surface area contributed by atoms with E-state index in [9.17, 15) is 19.1 Å². The number of nitrogens with zero attached hydrogens (tertiary/aromatic N) is 1. The summed E-state index contributed by atoms with van der Waals surface area (Å²) in [5, 5.41) is 12.7. The van der Waals surface area contributed by atoms with Gasteiger partial charge in [0.1, 0.15) is 19.2 Å². The summed E-state index contributed by atoms with van der Waals surface area (Å²) >= 11 is 9.08. The number of benzene rings is 2. The number of carbonyl (C=O) groups is 1. The molecule has 0 saturated heterocycles. The van der Waals surface area contributed by atoms with Crippen molar-refractivity contribution in [3.05, 3.63) is 97.1 Å². The van der Waals surface area contributed by atoms with E-state index in [0.29, 0.717) is 5.56 Å². The number of methoxy groups -OCH3 is 1. The van der Waals surface area contributed by atoms with Crippen LogP contribution in [0.4, 0.5) is 4.39 Å². The Morgan fingerprint density at radius 3 is 2.64 bits per heavy atom. The van der Waals surface area contributed by atoms with Gasteiger partial charge in [-0.15, -0.1) is 0 Å². The Balaban J connectivity index is 1.99. The molecule has 0 spiro atoms. The Morgan fingerprint density at radius 2 is 1.97 bits per heavy atom. The molecule has 8 nitrogen and oxygen atoms in total. The van der Waals surface area contributed by atoms with Crippen molar-refractivity contribution in [2.24, 2.45) is 0 Å². The zero-order valence-electron chi connectivity index (χ0n) is 19.4. The molecule has 192 valence electrons. The Hall–Kier alpha value is -2.76. The largest absolute Gasteiger partial charge is 0.483 e. The van der Waals surface area contributed by atoms with Crippen molar-refractivity contribution in [2.45, 2.75) is 19.2 Å². The number of hydrogen-bond acceptors (Lipinski definition) is 6. The molecule has 3 rings (SSSR count). The van der Waals surface area contributed by atoms with E-state index in [1.807, 2.05) is 30.3 Å². The number of ether oxygens (including phenoxy) is 3. The van der Waals surface area contributed by atoms with E-state index < -0.39 is 29.8 Å². The van der Waals surface area contributed by atoms with Gasteiger partial charge in [0.15, 0.2) is 11.4 Å². The molecule has 11 heteroatoms. The maximum absolute atomic E-state index is 13.5. The molecule has 0 saturated carbocycles. The number of amides is 1. The van der Waals surface area contributed by atoms with Crippen molar-refractivity contribution < 1.29 is 28.5 Å². The van der Waals surface area contributed by atoms with Gasteiger partial charge in [0.05, 0.1) is 28.8 Å². The number of halogens is 3. The molecule has 0 bridgehead atoms. The first-order valence-electron chi connectivity index (χ1n) is 10.9. The van der Waals surface area contributed by atoms with Crippen LogP contribution in [0.25, 0.3) is 0 Å². The van der Waals surface area contributed by atoms with Crippen molar-refractivity contribution >= 4 is 33.4 Å². The van der Waals surface area contributed by atoms with Gasteiger partial charge < -0.3 is 29.2 Å². The zero-order valence-corrected chi connectivity index (χ0v) is 21.7. The van der Waals surface area contributed by atoms with Crippen LogP contribution in [0, 0.1) is 5.82 Å². The minimum Gasteiger partial charge on any atom is -0.483 e. The lowest BCUT2D eigenvalue weighted by Gasteiger charge is -2.24. The third kappa shape index (κ3) is 7.14. The van der Waals surface area contributed by atoms with Crippen LogP contribution in [-0.2, 0) is 22.6 Å². The molecule has 0 aliphatic heterocycles. The molecule has 2 aromatic carbocycles. The number of rotatable bonds is 12. The van der Waals surface area contributed by atoms with Crippen LogP contribution in [0.5, 0.6) is 5.75 Å². The van der Waals surface area contributed by atoms with Gasteiger partial charge in [-0.3, -0.25) is 9.59 Å². The molecule has 36 heavy (non-hydrogen) atoms. The SMILES string of the molecule is COCOCC(CO)n1cc(Br)c(=O)c(OCc2ccccc2)c1C(=O)NCc1ccc(F)c(Cl)c1. The second kappa shape index (κ2) is 13.5. The van der Waals surface area contributed by atoms with Crippen molar-refractivity contribution in [3.8, 4) is 5.75 Å². The predicted molar refractivity (Wildman–Crippen MR) is 136 cm³/mol. The molecule has 1 unspecified atom stereocenters. The molecular weight excluding hydrogens is 559 g/mol. The Morgan fingerprint density at radius 1 is 1.22 bits per heavy atom. The second-order valence-corrected chi connectivity index (χ2v) is 8.97. The second-order valence-electron chi connectivity index (χ2n) is 7.71. The summed E-state index contributed by atoms with van der Waals surface area (Å²) in [5.74, 6) is -1.42. The lowest BCUT2D eigenvalue weighted by Crippen LogP contribution is -2.33. The first-order valence-corrected chi connectivity index (χ1v) is 12.0. The highest BCUT2D eigenvalue weighted by Crippen LogP contribution is 2.24. The van der Waals surface area contributed by atoms with E-state index in [1.165, 1.54) is 36.1 Å². The molecule has 1 heterocycles. The smallest absolute Gasteiger partial charge is 0.272 e. The number of aliphatic hydroxyl groups is 1. The number of aliphatic hydroxyl groups excluding tert-OH is 1. The number of carbonyl (C=O) groups excluding carboxylic acids is 1.